The molecule has 0 unspecified atom stereocenters. The van der Waals surface area contributed by atoms with Gasteiger partial charge in [-0.2, -0.15) is 0 Å². The molecule has 0 aliphatic carbocycles. The zero-order valence-electron chi connectivity index (χ0n) is 9.48. The molecular formula is C12H15BrN2O. The van der Waals surface area contributed by atoms with Gasteiger partial charge in [0.15, 0.2) is 4.73 Å². The van der Waals surface area contributed by atoms with Gasteiger partial charge >= 0.3 is 0 Å². The van der Waals surface area contributed by atoms with Crippen LogP contribution in [-0.4, -0.2) is 22.3 Å². The van der Waals surface area contributed by atoms with Crippen molar-refractivity contribution < 1.29 is 4.74 Å². The van der Waals surface area contributed by atoms with Crippen molar-refractivity contribution >= 4 is 27.0 Å². The molecule has 4 heteroatoms. The van der Waals surface area contributed by atoms with Gasteiger partial charge in [-0.15, -0.1) is 0 Å². The molecule has 1 aromatic heterocycles. The van der Waals surface area contributed by atoms with E-state index in [0.717, 1.165) is 22.3 Å². The summed E-state index contributed by atoms with van der Waals surface area (Å²) in [6.07, 6.45) is 0.272. The van der Waals surface area contributed by atoms with Gasteiger partial charge in [-0.05, 0) is 41.9 Å². The molecule has 86 valence electrons. The van der Waals surface area contributed by atoms with Crippen molar-refractivity contribution in [2.24, 2.45) is 0 Å². The molecule has 1 heterocycles. The fourth-order valence-corrected chi connectivity index (χ4v) is 2.20. The van der Waals surface area contributed by atoms with E-state index in [2.05, 4.69) is 31.5 Å². The van der Waals surface area contributed by atoms with Gasteiger partial charge in [0, 0.05) is 6.54 Å². The maximum Gasteiger partial charge on any atom is 0.178 e. The van der Waals surface area contributed by atoms with Crippen LogP contribution in [-0.2, 0) is 11.3 Å². The van der Waals surface area contributed by atoms with E-state index in [1.165, 1.54) is 0 Å². The molecule has 0 aliphatic heterocycles. The largest absolute Gasteiger partial charge is 0.377 e. The van der Waals surface area contributed by atoms with E-state index in [-0.39, 0.29) is 6.10 Å². The maximum absolute atomic E-state index is 5.55. The van der Waals surface area contributed by atoms with Crippen molar-refractivity contribution in [2.75, 3.05) is 6.61 Å². The molecule has 0 spiro atoms. The number of aromatic nitrogens is 2. The van der Waals surface area contributed by atoms with Crippen LogP contribution in [0.3, 0.4) is 0 Å². The molecule has 1 aromatic carbocycles. The van der Waals surface area contributed by atoms with Gasteiger partial charge in [-0.1, -0.05) is 12.1 Å². The number of imidazole rings is 1. The molecule has 2 aromatic rings. The summed E-state index contributed by atoms with van der Waals surface area (Å²) in [5, 5.41) is 0. The van der Waals surface area contributed by atoms with Crippen LogP contribution in [0.5, 0.6) is 0 Å². The summed E-state index contributed by atoms with van der Waals surface area (Å²) < 4.78 is 8.53. The Bertz CT molecular complexity index is 479. The Kier molecular flexibility index (Phi) is 3.61. The molecule has 0 aliphatic rings. The number of hydrogen-bond donors (Lipinski definition) is 0. The quantitative estimate of drug-likeness (QED) is 0.861. The smallest absolute Gasteiger partial charge is 0.178 e. The number of halogens is 1. The number of ether oxygens (including phenoxy) is 1. The number of fused-ring (bicyclic) bond motifs is 1. The molecule has 0 atom stereocenters. The minimum atomic E-state index is 0.272. The van der Waals surface area contributed by atoms with Crippen LogP contribution in [0.15, 0.2) is 29.0 Å². The lowest BCUT2D eigenvalue weighted by Gasteiger charge is -2.09. The molecule has 16 heavy (non-hydrogen) atoms. The van der Waals surface area contributed by atoms with Gasteiger partial charge in [0.25, 0.3) is 0 Å². The van der Waals surface area contributed by atoms with E-state index in [1.807, 2.05) is 32.0 Å². The first-order chi connectivity index (χ1) is 7.68. The minimum Gasteiger partial charge on any atom is -0.377 e. The molecule has 0 saturated heterocycles. The summed E-state index contributed by atoms with van der Waals surface area (Å²) in [7, 11) is 0. The van der Waals surface area contributed by atoms with Crippen LogP contribution in [0.4, 0.5) is 0 Å². The summed E-state index contributed by atoms with van der Waals surface area (Å²) >= 11 is 3.47. The predicted molar refractivity (Wildman–Crippen MR) is 68.5 cm³/mol. The zero-order valence-corrected chi connectivity index (χ0v) is 11.1. The Hall–Kier alpha value is -0.870. The third-order valence-electron chi connectivity index (χ3n) is 2.37. The van der Waals surface area contributed by atoms with Crippen molar-refractivity contribution in [3.63, 3.8) is 0 Å². The Morgan fingerprint density at radius 2 is 2.12 bits per heavy atom. The number of nitrogens with zero attached hydrogens (tertiary/aromatic N) is 2. The van der Waals surface area contributed by atoms with Crippen LogP contribution in [0.1, 0.15) is 13.8 Å². The maximum atomic E-state index is 5.55. The molecule has 0 N–H and O–H groups in total. The summed E-state index contributed by atoms with van der Waals surface area (Å²) in [6, 6.07) is 8.11. The first kappa shape index (κ1) is 11.6. The average Bonchev–Trinajstić information content (AvgIpc) is 2.55. The van der Waals surface area contributed by atoms with E-state index in [4.69, 9.17) is 4.74 Å². The fraction of sp³-hybridized carbons (Fsp3) is 0.417. The van der Waals surface area contributed by atoms with Crippen molar-refractivity contribution in [1.82, 2.24) is 9.55 Å². The van der Waals surface area contributed by atoms with Crippen molar-refractivity contribution in [2.45, 2.75) is 26.5 Å². The van der Waals surface area contributed by atoms with Crippen molar-refractivity contribution in [3.05, 3.63) is 29.0 Å². The van der Waals surface area contributed by atoms with Crippen molar-refractivity contribution in [3.8, 4) is 0 Å². The summed E-state index contributed by atoms with van der Waals surface area (Å²) in [4.78, 5) is 4.43. The highest BCUT2D eigenvalue weighted by atomic mass is 79.9. The summed E-state index contributed by atoms with van der Waals surface area (Å²) in [5.74, 6) is 0. The van der Waals surface area contributed by atoms with E-state index in [0.29, 0.717) is 6.61 Å². The van der Waals surface area contributed by atoms with Gasteiger partial charge in [-0.3, -0.25) is 0 Å². The van der Waals surface area contributed by atoms with E-state index in [1.54, 1.807) is 0 Å². The Morgan fingerprint density at radius 1 is 1.38 bits per heavy atom. The lowest BCUT2D eigenvalue weighted by molar-refractivity contribution is 0.0730. The molecule has 0 saturated carbocycles. The van der Waals surface area contributed by atoms with E-state index in [9.17, 15) is 0 Å². The Labute approximate surface area is 104 Å². The second kappa shape index (κ2) is 4.97. The summed E-state index contributed by atoms with van der Waals surface area (Å²) in [6.45, 7) is 5.61. The van der Waals surface area contributed by atoms with Crippen LogP contribution in [0.2, 0.25) is 0 Å². The number of para-hydroxylation sites is 2. The van der Waals surface area contributed by atoms with Gasteiger partial charge in [0.1, 0.15) is 0 Å². The second-order valence-electron chi connectivity index (χ2n) is 3.94. The summed E-state index contributed by atoms with van der Waals surface area (Å²) in [5.41, 5.74) is 2.15. The van der Waals surface area contributed by atoms with Crippen molar-refractivity contribution in [1.29, 1.82) is 0 Å². The zero-order chi connectivity index (χ0) is 11.5. The first-order valence-electron chi connectivity index (χ1n) is 5.41. The predicted octanol–water partition coefficient (Wildman–Crippen LogP) is 3.22. The minimum absolute atomic E-state index is 0.272. The molecule has 0 bridgehead atoms. The van der Waals surface area contributed by atoms with E-state index < -0.39 is 0 Å². The van der Waals surface area contributed by atoms with Gasteiger partial charge in [0.2, 0.25) is 0 Å². The molecule has 3 nitrogen and oxygen atoms in total. The monoisotopic (exact) mass is 282 g/mol. The Morgan fingerprint density at radius 3 is 2.88 bits per heavy atom. The highest BCUT2D eigenvalue weighted by molar-refractivity contribution is 9.10. The number of benzene rings is 1. The molecule has 0 radical (unpaired) electrons. The number of rotatable bonds is 4. The van der Waals surface area contributed by atoms with Gasteiger partial charge in [-0.25, -0.2) is 4.98 Å². The third-order valence-corrected chi connectivity index (χ3v) is 2.98. The van der Waals surface area contributed by atoms with Crippen LogP contribution < -0.4 is 0 Å². The van der Waals surface area contributed by atoms with Crippen LogP contribution in [0.25, 0.3) is 11.0 Å². The number of hydrogen-bond acceptors (Lipinski definition) is 2. The highest BCUT2D eigenvalue weighted by Gasteiger charge is 2.07. The topological polar surface area (TPSA) is 27.1 Å². The molecular weight excluding hydrogens is 268 g/mol. The third kappa shape index (κ3) is 2.44. The van der Waals surface area contributed by atoms with Gasteiger partial charge < -0.3 is 9.30 Å². The molecule has 0 fully saturated rings. The second-order valence-corrected chi connectivity index (χ2v) is 4.65. The fourth-order valence-electron chi connectivity index (χ4n) is 1.64. The lowest BCUT2D eigenvalue weighted by atomic mass is 10.3. The van der Waals surface area contributed by atoms with Gasteiger partial charge in [0.05, 0.1) is 23.7 Å². The van der Waals surface area contributed by atoms with Crippen LogP contribution >= 0.6 is 15.9 Å². The SMILES string of the molecule is CC(C)OCCn1c(Br)nc2ccccc21. The molecule has 0 amide bonds. The highest BCUT2D eigenvalue weighted by Crippen LogP contribution is 2.19. The normalized spacial score (nSPS) is 11.5. The molecule has 2 rings (SSSR count). The van der Waals surface area contributed by atoms with E-state index >= 15 is 0 Å². The average molecular weight is 283 g/mol. The first-order valence-corrected chi connectivity index (χ1v) is 6.20. The standard InChI is InChI=1S/C12H15BrN2O/c1-9(2)16-8-7-15-11-6-4-3-5-10(11)14-12(15)13/h3-6,9H,7-8H2,1-2H3. The van der Waals surface area contributed by atoms with Crippen LogP contribution in [0, 0.1) is 0 Å². The Balaban J connectivity index is 2.19. The lowest BCUT2D eigenvalue weighted by Crippen LogP contribution is -2.10.